The maximum atomic E-state index is 13.1. The molecule has 0 bridgehead atoms. The molecule has 178 valence electrons. The van der Waals surface area contributed by atoms with Crippen molar-refractivity contribution in [2.45, 2.75) is 59.0 Å². The number of hydrogen-bond acceptors (Lipinski definition) is 7. The molecule has 0 saturated heterocycles. The number of benzene rings is 1. The zero-order valence-corrected chi connectivity index (χ0v) is 20.4. The minimum Gasteiger partial charge on any atom is -0.462 e. The third-order valence-electron chi connectivity index (χ3n) is 5.86. The monoisotopic (exact) mass is 480 g/mol. The first-order valence-corrected chi connectivity index (χ1v) is 12.4. The lowest BCUT2D eigenvalue weighted by atomic mass is 9.95. The fourth-order valence-electron chi connectivity index (χ4n) is 4.26. The van der Waals surface area contributed by atoms with Crippen LogP contribution in [0.25, 0.3) is 10.9 Å². The molecule has 34 heavy (non-hydrogen) atoms. The highest BCUT2D eigenvalue weighted by molar-refractivity contribution is 7.17. The number of nitrogens with zero attached hydrogens (tertiary/aromatic N) is 1. The summed E-state index contributed by atoms with van der Waals surface area (Å²) in [5.41, 5.74) is 3.15. The van der Waals surface area contributed by atoms with E-state index in [0.717, 1.165) is 36.1 Å². The summed E-state index contributed by atoms with van der Waals surface area (Å²) in [5.74, 6) is -1.48. The van der Waals surface area contributed by atoms with Crippen LogP contribution >= 0.6 is 11.3 Å². The number of rotatable bonds is 7. The Hall–Kier alpha value is -3.26. The predicted octanol–water partition coefficient (Wildman–Crippen LogP) is 5.23. The van der Waals surface area contributed by atoms with Crippen molar-refractivity contribution in [1.82, 2.24) is 4.98 Å². The minimum absolute atomic E-state index is 0.255. The van der Waals surface area contributed by atoms with E-state index in [2.05, 4.69) is 10.3 Å². The second-order valence-electron chi connectivity index (χ2n) is 8.26. The van der Waals surface area contributed by atoms with E-state index in [0.29, 0.717) is 39.1 Å². The smallest absolute Gasteiger partial charge is 0.341 e. The molecule has 1 N–H and O–H groups in total. The zero-order chi connectivity index (χ0) is 24.2. The van der Waals surface area contributed by atoms with E-state index in [1.54, 1.807) is 26.0 Å². The Morgan fingerprint density at radius 3 is 2.65 bits per heavy atom. The summed E-state index contributed by atoms with van der Waals surface area (Å²) < 4.78 is 10.9. The van der Waals surface area contributed by atoms with Gasteiger partial charge in [-0.2, -0.15) is 0 Å². The van der Waals surface area contributed by atoms with Gasteiger partial charge in [0.2, 0.25) is 0 Å². The lowest BCUT2D eigenvalue weighted by molar-refractivity contribution is -0.124. The van der Waals surface area contributed by atoms with Crippen LogP contribution in [0.15, 0.2) is 30.3 Å². The highest BCUT2D eigenvalue weighted by Crippen LogP contribution is 2.38. The van der Waals surface area contributed by atoms with Crippen LogP contribution in [0.4, 0.5) is 5.00 Å². The lowest BCUT2D eigenvalue weighted by Crippen LogP contribution is -2.32. The second kappa shape index (κ2) is 10.3. The van der Waals surface area contributed by atoms with E-state index in [-0.39, 0.29) is 6.61 Å². The number of anilines is 1. The number of nitrogens with one attached hydrogen (secondary N) is 1. The number of thiophene rings is 1. The third-order valence-corrected chi connectivity index (χ3v) is 7.07. The van der Waals surface area contributed by atoms with E-state index in [9.17, 15) is 14.4 Å². The number of carbonyl (C=O) groups excluding carboxylic acids is 3. The van der Waals surface area contributed by atoms with E-state index in [1.165, 1.54) is 11.3 Å². The predicted molar refractivity (Wildman–Crippen MR) is 132 cm³/mol. The molecule has 1 aliphatic rings. The van der Waals surface area contributed by atoms with Crippen LogP contribution in [-0.4, -0.2) is 35.5 Å². The van der Waals surface area contributed by atoms with Gasteiger partial charge in [-0.1, -0.05) is 25.1 Å². The van der Waals surface area contributed by atoms with E-state index in [1.807, 2.05) is 25.1 Å². The van der Waals surface area contributed by atoms with Gasteiger partial charge in [0.25, 0.3) is 5.91 Å². The number of fused-ring (bicyclic) bond motifs is 2. The van der Waals surface area contributed by atoms with Crippen LogP contribution < -0.4 is 5.32 Å². The fraction of sp³-hybridized carbons (Fsp3) is 0.385. The van der Waals surface area contributed by atoms with Crippen molar-refractivity contribution >= 4 is 45.1 Å². The minimum atomic E-state index is -1.01. The average molecular weight is 481 g/mol. The first-order chi connectivity index (χ1) is 16.4. The molecule has 1 aromatic carbocycles. The standard InChI is InChI=1S/C26H28N2O5S/c1-4-20(33-25(30)18-14-15(3)27-19-12-8-6-10-16(18)19)23(29)28-24-22(26(31)32-5-2)17-11-7-9-13-21(17)34-24/h6,8,10,12,14,20H,4-5,7,9,11,13H2,1-3H3,(H,28,29). The lowest BCUT2D eigenvalue weighted by Gasteiger charge is -2.17. The van der Waals surface area contributed by atoms with Gasteiger partial charge in [0.05, 0.1) is 23.3 Å². The summed E-state index contributed by atoms with van der Waals surface area (Å²) in [5, 5.41) is 3.99. The van der Waals surface area contributed by atoms with Crippen molar-refractivity contribution in [1.29, 1.82) is 0 Å². The Morgan fingerprint density at radius 2 is 1.88 bits per heavy atom. The summed E-state index contributed by atoms with van der Waals surface area (Å²) in [7, 11) is 0. The number of aromatic nitrogens is 1. The van der Waals surface area contributed by atoms with Crippen molar-refractivity contribution < 1.29 is 23.9 Å². The molecule has 3 aromatic rings. The molecular weight excluding hydrogens is 452 g/mol. The summed E-state index contributed by atoms with van der Waals surface area (Å²) in [4.78, 5) is 44.4. The number of amides is 1. The molecule has 1 amide bonds. The normalized spacial score (nSPS) is 13.7. The molecule has 8 heteroatoms. The molecule has 4 rings (SSSR count). The molecule has 2 heterocycles. The van der Waals surface area contributed by atoms with Crippen LogP contribution in [0.5, 0.6) is 0 Å². The van der Waals surface area contributed by atoms with Gasteiger partial charge >= 0.3 is 11.9 Å². The highest BCUT2D eigenvalue weighted by atomic mass is 32.1. The second-order valence-corrected chi connectivity index (χ2v) is 9.36. The number of ether oxygens (including phenoxy) is 2. The SMILES string of the molecule is CCOC(=O)c1c(NC(=O)C(CC)OC(=O)c2cc(C)nc3ccccc23)sc2c1CCCC2. The highest BCUT2D eigenvalue weighted by Gasteiger charge is 2.30. The number of pyridine rings is 1. The van der Waals surface area contributed by atoms with Crippen LogP contribution in [-0.2, 0) is 27.1 Å². The van der Waals surface area contributed by atoms with Gasteiger partial charge in [-0.15, -0.1) is 11.3 Å². The molecule has 7 nitrogen and oxygen atoms in total. The first-order valence-electron chi connectivity index (χ1n) is 11.6. The maximum absolute atomic E-state index is 13.1. The van der Waals surface area contributed by atoms with Crippen LogP contribution in [0, 0.1) is 6.92 Å². The first kappa shape index (κ1) is 23.9. The molecule has 0 spiro atoms. The van der Waals surface area contributed by atoms with E-state index < -0.39 is 23.9 Å². The van der Waals surface area contributed by atoms with Gasteiger partial charge in [-0.25, -0.2) is 9.59 Å². The van der Waals surface area contributed by atoms with Gasteiger partial charge in [-0.05, 0) is 63.6 Å². The molecule has 0 aliphatic heterocycles. The topological polar surface area (TPSA) is 94.6 Å². The van der Waals surface area contributed by atoms with Crippen LogP contribution in [0.3, 0.4) is 0 Å². The van der Waals surface area contributed by atoms with E-state index >= 15 is 0 Å². The largest absolute Gasteiger partial charge is 0.462 e. The number of aryl methyl sites for hydroxylation is 2. The number of hydrogen-bond donors (Lipinski definition) is 1. The summed E-state index contributed by atoms with van der Waals surface area (Å²) >= 11 is 1.41. The third kappa shape index (κ3) is 4.82. The van der Waals surface area contributed by atoms with Crippen LogP contribution in [0.2, 0.25) is 0 Å². The fourth-order valence-corrected chi connectivity index (χ4v) is 5.54. The van der Waals surface area contributed by atoms with Crippen molar-refractivity contribution in [3.63, 3.8) is 0 Å². The molecule has 1 aliphatic carbocycles. The Morgan fingerprint density at radius 1 is 1.12 bits per heavy atom. The molecular formula is C26H28N2O5S. The molecule has 1 unspecified atom stereocenters. The van der Waals surface area contributed by atoms with Crippen molar-refractivity contribution in [2.24, 2.45) is 0 Å². The van der Waals surface area contributed by atoms with E-state index in [4.69, 9.17) is 9.47 Å². The Kier molecular flexibility index (Phi) is 7.26. The number of carbonyl (C=O) groups is 3. The Bertz CT molecular complexity index is 1250. The molecule has 1 atom stereocenters. The summed E-state index contributed by atoms with van der Waals surface area (Å²) in [6.45, 7) is 5.60. The summed E-state index contributed by atoms with van der Waals surface area (Å²) in [6, 6.07) is 8.99. The molecule has 2 aromatic heterocycles. The average Bonchev–Trinajstić information content (AvgIpc) is 3.19. The Labute approximate surface area is 202 Å². The van der Waals surface area contributed by atoms with Gasteiger partial charge in [0, 0.05) is 16.0 Å². The van der Waals surface area contributed by atoms with Gasteiger partial charge in [-0.3, -0.25) is 9.78 Å². The van der Waals surface area contributed by atoms with Crippen molar-refractivity contribution in [3.8, 4) is 0 Å². The number of esters is 2. The Balaban J connectivity index is 1.57. The van der Waals surface area contributed by atoms with Crippen molar-refractivity contribution in [2.75, 3.05) is 11.9 Å². The van der Waals surface area contributed by atoms with Gasteiger partial charge < -0.3 is 14.8 Å². The molecule has 0 saturated carbocycles. The molecule has 0 fully saturated rings. The van der Waals surface area contributed by atoms with Crippen molar-refractivity contribution in [3.05, 3.63) is 57.6 Å². The van der Waals surface area contributed by atoms with Crippen LogP contribution in [0.1, 0.15) is 70.0 Å². The summed E-state index contributed by atoms with van der Waals surface area (Å²) in [6.07, 6.45) is 3.00. The van der Waals surface area contributed by atoms with Gasteiger partial charge in [0.1, 0.15) is 5.00 Å². The maximum Gasteiger partial charge on any atom is 0.341 e. The van der Waals surface area contributed by atoms with Gasteiger partial charge in [0.15, 0.2) is 6.10 Å². The molecule has 0 radical (unpaired) electrons. The quantitative estimate of drug-likeness (QED) is 0.465. The number of para-hydroxylation sites is 1. The zero-order valence-electron chi connectivity index (χ0n) is 19.6.